The minimum absolute atomic E-state index is 0.188. The normalized spacial score (nSPS) is 14.7. The number of hydrogen-bond donors (Lipinski definition) is 2. The van der Waals surface area contributed by atoms with Gasteiger partial charge >= 0.3 is 0 Å². The molecule has 0 radical (unpaired) electrons. The quantitative estimate of drug-likeness (QED) is 0.723. The molecule has 0 unspecified atom stereocenters. The first-order valence-electron chi connectivity index (χ1n) is 6.65. The number of rotatable bonds is 8. The molecule has 1 aromatic rings. The molecule has 0 aliphatic heterocycles. The molecule has 1 aromatic carbocycles. The van der Waals surface area contributed by atoms with Gasteiger partial charge in [0, 0.05) is 29.8 Å². The van der Waals surface area contributed by atoms with E-state index in [0.717, 1.165) is 24.9 Å². The van der Waals surface area contributed by atoms with E-state index in [0.29, 0.717) is 28.4 Å². The molecule has 3 nitrogen and oxygen atoms in total. The van der Waals surface area contributed by atoms with Crippen LogP contribution in [0.3, 0.4) is 0 Å². The molecule has 2 N–H and O–H groups in total. The lowest BCUT2D eigenvalue weighted by Gasteiger charge is -2.14. The Morgan fingerprint density at radius 1 is 1.26 bits per heavy atom. The van der Waals surface area contributed by atoms with Crippen LogP contribution in [0.2, 0.25) is 10.0 Å². The van der Waals surface area contributed by atoms with E-state index in [1.807, 2.05) is 6.07 Å². The molecular weight excluding hydrogens is 285 g/mol. The highest BCUT2D eigenvalue weighted by Crippen LogP contribution is 2.33. The number of aliphatic hydroxyl groups excluding tert-OH is 1. The molecule has 0 spiro atoms. The zero-order valence-electron chi connectivity index (χ0n) is 10.8. The molecule has 0 bridgehead atoms. The van der Waals surface area contributed by atoms with E-state index in [1.165, 1.54) is 12.8 Å². The molecule has 0 amide bonds. The molecule has 0 atom stereocenters. The molecule has 19 heavy (non-hydrogen) atoms. The molecule has 1 aliphatic carbocycles. The highest BCUT2D eigenvalue weighted by atomic mass is 35.5. The maximum absolute atomic E-state index is 8.75. The van der Waals surface area contributed by atoms with Crippen LogP contribution in [0.25, 0.3) is 0 Å². The third kappa shape index (κ3) is 4.84. The average molecular weight is 304 g/mol. The topological polar surface area (TPSA) is 41.5 Å². The van der Waals surface area contributed by atoms with E-state index in [-0.39, 0.29) is 6.61 Å². The summed E-state index contributed by atoms with van der Waals surface area (Å²) >= 11 is 12.2. The Morgan fingerprint density at radius 3 is 2.74 bits per heavy atom. The number of halogens is 2. The monoisotopic (exact) mass is 303 g/mol. The van der Waals surface area contributed by atoms with E-state index < -0.39 is 0 Å². The van der Waals surface area contributed by atoms with Gasteiger partial charge in [-0.15, -0.1) is 0 Å². The second-order valence-electron chi connectivity index (χ2n) is 4.81. The fourth-order valence-electron chi connectivity index (χ4n) is 1.84. The summed E-state index contributed by atoms with van der Waals surface area (Å²) in [6, 6.07) is 4.22. The van der Waals surface area contributed by atoms with Crippen molar-refractivity contribution in [3.05, 3.63) is 27.7 Å². The van der Waals surface area contributed by atoms with E-state index in [9.17, 15) is 0 Å². The van der Waals surface area contributed by atoms with Gasteiger partial charge in [0.05, 0.1) is 11.6 Å². The number of hydrogen-bond acceptors (Lipinski definition) is 3. The van der Waals surface area contributed by atoms with Crippen LogP contribution in [0, 0.1) is 0 Å². The van der Waals surface area contributed by atoms with E-state index >= 15 is 0 Å². The van der Waals surface area contributed by atoms with E-state index in [4.69, 9.17) is 33.0 Å². The summed E-state index contributed by atoms with van der Waals surface area (Å²) in [5.74, 6) is 0.706. The van der Waals surface area contributed by atoms with Crippen LogP contribution in [0.1, 0.15) is 31.2 Å². The van der Waals surface area contributed by atoms with Gasteiger partial charge in [-0.2, -0.15) is 0 Å². The number of nitrogens with one attached hydrogen (secondary N) is 1. The van der Waals surface area contributed by atoms with Gasteiger partial charge in [0.25, 0.3) is 0 Å². The van der Waals surface area contributed by atoms with Crippen molar-refractivity contribution in [2.45, 2.75) is 38.3 Å². The molecule has 0 aromatic heterocycles. The van der Waals surface area contributed by atoms with Gasteiger partial charge in [-0.3, -0.25) is 0 Å². The van der Waals surface area contributed by atoms with Crippen LogP contribution in [-0.2, 0) is 6.54 Å². The van der Waals surface area contributed by atoms with Crippen molar-refractivity contribution in [2.75, 3.05) is 13.2 Å². The van der Waals surface area contributed by atoms with E-state index in [2.05, 4.69) is 5.32 Å². The fraction of sp³-hybridized carbons (Fsp3) is 0.571. The lowest BCUT2D eigenvalue weighted by atomic mass is 10.2. The van der Waals surface area contributed by atoms with Crippen LogP contribution >= 0.6 is 23.2 Å². The Kier molecular flexibility index (Phi) is 5.76. The van der Waals surface area contributed by atoms with Gasteiger partial charge in [0.2, 0.25) is 0 Å². The van der Waals surface area contributed by atoms with Crippen molar-refractivity contribution in [3.8, 4) is 5.75 Å². The summed E-state index contributed by atoms with van der Waals surface area (Å²) in [7, 11) is 0. The maximum atomic E-state index is 8.75. The Bertz CT molecular complexity index is 422. The van der Waals surface area contributed by atoms with Crippen molar-refractivity contribution >= 4 is 23.2 Å². The predicted octanol–water partition coefficient (Wildman–Crippen LogP) is 3.40. The molecule has 0 saturated heterocycles. The van der Waals surface area contributed by atoms with Gasteiger partial charge in [0.1, 0.15) is 5.75 Å². The summed E-state index contributed by atoms with van der Waals surface area (Å²) in [6.07, 6.45) is 4.02. The van der Waals surface area contributed by atoms with Gasteiger partial charge in [-0.25, -0.2) is 0 Å². The number of unbranched alkanes of at least 4 members (excludes halogenated alkanes) is 1. The average Bonchev–Trinajstić information content (AvgIpc) is 3.18. The van der Waals surface area contributed by atoms with Gasteiger partial charge < -0.3 is 15.2 Å². The predicted molar refractivity (Wildman–Crippen MR) is 78.1 cm³/mol. The number of aliphatic hydroxyl groups is 1. The fourth-order valence-corrected chi connectivity index (χ4v) is 2.43. The first kappa shape index (κ1) is 14.9. The Morgan fingerprint density at radius 2 is 2.05 bits per heavy atom. The van der Waals surface area contributed by atoms with Crippen LogP contribution in [0.15, 0.2) is 12.1 Å². The lowest BCUT2D eigenvalue weighted by Crippen LogP contribution is -2.16. The summed E-state index contributed by atoms with van der Waals surface area (Å²) < 4.78 is 5.74. The third-order valence-electron chi connectivity index (χ3n) is 3.04. The molecule has 5 heteroatoms. The Hall–Kier alpha value is -0.480. The molecule has 106 valence electrons. The molecule has 1 aliphatic rings. The number of ether oxygens (including phenoxy) is 1. The molecule has 1 saturated carbocycles. The van der Waals surface area contributed by atoms with Crippen LogP contribution in [0.5, 0.6) is 5.75 Å². The van der Waals surface area contributed by atoms with E-state index in [1.54, 1.807) is 6.07 Å². The van der Waals surface area contributed by atoms with Crippen molar-refractivity contribution in [1.29, 1.82) is 0 Å². The first-order chi connectivity index (χ1) is 9.20. The van der Waals surface area contributed by atoms with Crippen LogP contribution in [0.4, 0.5) is 0 Å². The van der Waals surface area contributed by atoms with Crippen molar-refractivity contribution in [2.24, 2.45) is 0 Å². The van der Waals surface area contributed by atoms with Crippen LogP contribution < -0.4 is 10.1 Å². The first-order valence-corrected chi connectivity index (χ1v) is 7.41. The summed E-state index contributed by atoms with van der Waals surface area (Å²) in [5.41, 5.74) is 0.994. The highest BCUT2D eigenvalue weighted by Gasteiger charge is 2.21. The Balaban J connectivity index is 1.99. The van der Waals surface area contributed by atoms with Gasteiger partial charge in [-0.05, 0) is 37.8 Å². The van der Waals surface area contributed by atoms with Gasteiger partial charge in [0.15, 0.2) is 0 Å². The van der Waals surface area contributed by atoms with Crippen molar-refractivity contribution in [1.82, 2.24) is 5.32 Å². The van der Waals surface area contributed by atoms with Crippen molar-refractivity contribution < 1.29 is 9.84 Å². The standard InChI is InChI=1S/C14H19Cl2NO2/c15-11-7-10(9-17-12-3-4-12)14(13(16)8-11)19-6-2-1-5-18/h7-8,12,17-18H,1-6,9H2. The number of benzene rings is 1. The molecular formula is C14H19Cl2NO2. The zero-order valence-corrected chi connectivity index (χ0v) is 12.3. The highest BCUT2D eigenvalue weighted by molar-refractivity contribution is 6.35. The van der Waals surface area contributed by atoms with Crippen molar-refractivity contribution in [3.63, 3.8) is 0 Å². The lowest BCUT2D eigenvalue weighted by molar-refractivity contribution is 0.252. The smallest absolute Gasteiger partial charge is 0.142 e. The second-order valence-corrected chi connectivity index (χ2v) is 5.65. The minimum Gasteiger partial charge on any atom is -0.492 e. The molecule has 0 heterocycles. The molecule has 1 fully saturated rings. The Labute approximate surface area is 123 Å². The summed E-state index contributed by atoms with van der Waals surface area (Å²) in [5, 5.41) is 13.4. The summed E-state index contributed by atoms with van der Waals surface area (Å²) in [6.45, 7) is 1.46. The molecule has 2 rings (SSSR count). The zero-order chi connectivity index (χ0) is 13.7. The maximum Gasteiger partial charge on any atom is 0.142 e. The van der Waals surface area contributed by atoms with Gasteiger partial charge in [-0.1, -0.05) is 23.2 Å². The van der Waals surface area contributed by atoms with Crippen LogP contribution in [-0.4, -0.2) is 24.4 Å². The second kappa shape index (κ2) is 7.34. The summed E-state index contributed by atoms with van der Waals surface area (Å²) in [4.78, 5) is 0. The third-order valence-corrected chi connectivity index (χ3v) is 3.54. The largest absolute Gasteiger partial charge is 0.492 e. The SMILES string of the molecule is OCCCCOc1c(Cl)cc(Cl)cc1CNC1CC1. The minimum atomic E-state index is 0.188.